The third-order valence-electron chi connectivity index (χ3n) is 4.88. The molecule has 0 unspecified atom stereocenters. The van der Waals surface area contributed by atoms with E-state index in [0.29, 0.717) is 27.5 Å². The van der Waals surface area contributed by atoms with Gasteiger partial charge in [-0.25, -0.2) is 10.2 Å². The number of methoxy groups -OCH3 is 1. The lowest BCUT2D eigenvalue weighted by Crippen LogP contribution is -2.17. The summed E-state index contributed by atoms with van der Waals surface area (Å²) in [5.74, 6) is -0.242. The van der Waals surface area contributed by atoms with Crippen molar-refractivity contribution in [2.75, 3.05) is 7.11 Å². The van der Waals surface area contributed by atoms with Crippen molar-refractivity contribution in [3.8, 4) is 11.5 Å². The van der Waals surface area contributed by atoms with Gasteiger partial charge in [-0.2, -0.15) is 5.10 Å². The van der Waals surface area contributed by atoms with Crippen molar-refractivity contribution >= 4 is 40.5 Å². The molecule has 0 spiro atoms. The second-order valence-electron chi connectivity index (χ2n) is 7.03. The predicted octanol–water partition coefficient (Wildman–Crippen LogP) is 5.48. The summed E-state index contributed by atoms with van der Waals surface area (Å²) in [6, 6.07) is 24.5. The van der Waals surface area contributed by atoms with Crippen LogP contribution in [0.15, 0.2) is 90.0 Å². The van der Waals surface area contributed by atoms with Crippen LogP contribution in [-0.2, 0) is 0 Å². The standard InChI is InChI=1S/C26H19ClN2O4/c1-32-24-15-17(9-14-23(24)33-26(31)19-10-12-20(27)13-11-19)16-28-29-25(30)22-8-4-6-18-5-2-3-7-21(18)22/h2-16H,1H3,(H,29,30)/b28-16+. The van der Waals surface area contributed by atoms with Crippen molar-refractivity contribution < 1.29 is 19.1 Å². The molecule has 0 bridgehead atoms. The summed E-state index contributed by atoms with van der Waals surface area (Å²) in [4.78, 5) is 24.9. The van der Waals surface area contributed by atoms with Crippen LogP contribution < -0.4 is 14.9 Å². The molecule has 33 heavy (non-hydrogen) atoms. The number of carbonyl (C=O) groups is 2. The highest BCUT2D eigenvalue weighted by Crippen LogP contribution is 2.28. The topological polar surface area (TPSA) is 77.0 Å². The zero-order chi connectivity index (χ0) is 23.2. The van der Waals surface area contributed by atoms with Crippen LogP contribution in [0, 0.1) is 0 Å². The van der Waals surface area contributed by atoms with Gasteiger partial charge in [0.25, 0.3) is 5.91 Å². The summed E-state index contributed by atoms with van der Waals surface area (Å²) in [5.41, 5.74) is 4.09. The van der Waals surface area contributed by atoms with E-state index in [1.54, 1.807) is 48.5 Å². The Labute approximate surface area is 195 Å². The van der Waals surface area contributed by atoms with Gasteiger partial charge in [0.15, 0.2) is 11.5 Å². The minimum atomic E-state index is -0.534. The molecule has 4 aromatic rings. The lowest BCUT2D eigenvalue weighted by atomic mass is 10.0. The number of carbonyl (C=O) groups excluding carboxylic acids is 2. The molecule has 7 heteroatoms. The van der Waals surface area contributed by atoms with Crippen LogP contribution in [0.1, 0.15) is 26.3 Å². The maximum Gasteiger partial charge on any atom is 0.343 e. The summed E-state index contributed by atoms with van der Waals surface area (Å²) in [6.07, 6.45) is 1.48. The van der Waals surface area contributed by atoms with E-state index in [9.17, 15) is 9.59 Å². The summed E-state index contributed by atoms with van der Waals surface area (Å²) in [5, 5.41) is 6.40. The third kappa shape index (κ3) is 5.19. The van der Waals surface area contributed by atoms with Gasteiger partial charge in [-0.1, -0.05) is 48.0 Å². The number of amides is 1. The fourth-order valence-corrected chi connectivity index (χ4v) is 3.37. The first-order valence-corrected chi connectivity index (χ1v) is 10.4. The number of ether oxygens (including phenoxy) is 2. The maximum atomic E-state index is 12.6. The molecule has 4 rings (SSSR count). The number of hydrazone groups is 1. The molecule has 0 radical (unpaired) electrons. The smallest absolute Gasteiger partial charge is 0.343 e. The van der Waals surface area contributed by atoms with Crippen molar-refractivity contribution in [2.24, 2.45) is 5.10 Å². The molecule has 1 amide bonds. The van der Waals surface area contributed by atoms with E-state index in [1.165, 1.54) is 13.3 Å². The van der Waals surface area contributed by atoms with E-state index in [4.69, 9.17) is 21.1 Å². The lowest BCUT2D eigenvalue weighted by molar-refractivity contribution is 0.0729. The molecular formula is C26H19ClN2O4. The zero-order valence-corrected chi connectivity index (χ0v) is 18.4. The van der Waals surface area contributed by atoms with E-state index in [1.807, 2.05) is 36.4 Å². The Morgan fingerprint density at radius 3 is 2.45 bits per heavy atom. The number of nitrogens with one attached hydrogen (secondary N) is 1. The number of rotatable bonds is 6. The van der Waals surface area contributed by atoms with Gasteiger partial charge in [0.05, 0.1) is 18.9 Å². The molecule has 0 aliphatic heterocycles. The van der Waals surface area contributed by atoms with Crippen LogP contribution in [0.25, 0.3) is 10.8 Å². The van der Waals surface area contributed by atoms with Crippen LogP contribution in [0.4, 0.5) is 0 Å². The van der Waals surface area contributed by atoms with Gasteiger partial charge in [0, 0.05) is 10.6 Å². The fraction of sp³-hybridized carbons (Fsp3) is 0.0385. The average molecular weight is 459 g/mol. The Balaban J connectivity index is 1.45. The Hall–Kier alpha value is -4.16. The predicted molar refractivity (Wildman–Crippen MR) is 128 cm³/mol. The van der Waals surface area contributed by atoms with Gasteiger partial charge in [-0.05, 0) is 64.9 Å². The molecule has 0 saturated carbocycles. The summed E-state index contributed by atoms with van der Waals surface area (Å²) >= 11 is 5.85. The first kappa shape index (κ1) is 22.0. The Morgan fingerprint density at radius 2 is 1.67 bits per heavy atom. The quantitative estimate of drug-likeness (QED) is 0.179. The Kier molecular flexibility index (Phi) is 6.66. The fourth-order valence-electron chi connectivity index (χ4n) is 3.24. The van der Waals surface area contributed by atoms with E-state index >= 15 is 0 Å². The lowest BCUT2D eigenvalue weighted by Gasteiger charge is -2.10. The van der Waals surface area contributed by atoms with Gasteiger partial charge in [0.1, 0.15) is 0 Å². The first-order chi connectivity index (χ1) is 16.0. The molecule has 0 atom stereocenters. The molecule has 1 N–H and O–H groups in total. The average Bonchev–Trinajstić information content (AvgIpc) is 2.84. The van der Waals surface area contributed by atoms with E-state index < -0.39 is 5.97 Å². The van der Waals surface area contributed by atoms with E-state index in [2.05, 4.69) is 10.5 Å². The summed E-state index contributed by atoms with van der Waals surface area (Å²) < 4.78 is 10.8. The van der Waals surface area contributed by atoms with Crippen molar-refractivity contribution in [3.05, 3.63) is 107 Å². The number of benzene rings is 4. The number of hydrogen-bond acceptors (Lipinski definition) is 5. The van der Waals surface area contributed by atoms with Gasteiger partial charge in [-0.3, -0.25) is 4.79 Å². The van der Waals surface area contributed by atoms with Crippen molar-refractivity contribution in [3.63, 3.8) is 0 Å². The number of esters is 1. The van der Waals surface area contributed by atoms with Crippen LogP contribution in [0.5, 0.6) is 11.5 Å². The first-order valence-electron chi connectivity index (χ1n) is 10.0. The summed E-state index contributed by atoms with van der Waals surface area (Å²) in [7, 11) is 1.47. The highest BCUT2D eigenvalue weighted by molar-refractivity contribution is 6.30. The largest absolute Gasteiger partial charge is 0.493 e. The van der Waals surface area contributed by atoms with Crippen molar-refractivity contribution in [2.45, 2.75) is 0 Å². The highest BCUT2D eigenvalue weighted by atomic mass is 35.5. The number of fused-ring (bicyclic) bond motifs is 1. The molecule has 0 fully saturated rings. The van der Waals surface area contributed by atoms with Gasteiger partial charge in [0.2, 0.25) is 0 Å². The highest BCUT2D eigenvalue weighted by Gasteiger charge is 2.13. The van der Waals surface area contributed by atoms with Gasteiger partial charge >= 0.3 is 5.97 Å². The van der Waals surface area contributed by atoms with Crippen LogP contribution in [0.2, 0.25) is 5.02 Å². The number of halogens is 1. The van der Waals surface area contributed by atoms with Gasteiger partial charge < -0.3 is 9.47 Å². The molecule has 0 saturated heterocycles. The SMILES string of the molecule is COc1cc(/C=N/NC(=O)c2cccc3ccccc23)ccc1OC(=O)c1ccc(Cl)cc1. The van der Waals surface area contributed by atoms with Crippen LogP contribution >= 0.6 is 11.6 Å². The van der Waals surface area contributed by atoms with Gasteiger partial charge in [-0.15, -0.1) is 0 Å². The van der Waals surface area contributed by atoms with Crippen LogP contribution in [-0.4, -0.2) is 25.2 Å². The molecule has 0 heterocycles. The molecule has 0 aromatic heterocycles. The molecule has 164 valence electrons. The van der Waals surface area contributed by atoms with E-state index in [-0.39, 0.29) is 11.7 Å². The number of nitrogens with zero attached hydrogens (tertiary/aromatic N) is 1. The Bertz CT molecular complexity index is 1350. The maximum absolute atomic E-state index is 12.6. The van der Waals surface area contributed by atoms with Crippen molar-refractivity contribution in [1.82, 2.24) is 5.43 Å². The molecule has 4 aromatic carbocycles. The monoisotopic (exact) mass is 458 g/mol. The third-order valence-corrected chi connectivity index (χ3v) is 5.14. The zero-order valence-electron chi connectivity index (χ0n) is 17.6. The minimum absolute atomic E-state index is 0.259. The molecule has 0 aliphatic rings. The molecule has 0 aliphatic carbocycles. The molecular weight excluding hydrogens is 440 g/mol. The normalized spacial score (nSPS) is 10.8. The second-order valence-corrected chi connectivity index (χ2v) is 7.47. The minimum Gasteiger partial charge on any atom is -0.493 e. The number of hydrogen-bond donors (Lipinski definition) is 1. The van der Waals surface area contributed by atoms with Crippen molar-refractivity contribution in [1.29, 1.82) is 0 Å². The Morgan fingerprint density at radius 1 is 0.909 bits per heavy atom. The summed E-state index contributed by atoms with van der Waals surface area (Å²) in [6.45, 7) is 0. The van der Waals surface area contributed by atoms with E-state index in [0.717, 1.165) is 10.8 Å². The second kappa shape index (κ2) is 9.97. The molecule has 6 nitrogen and oxygen atoms in total. The van der Waals surface area contributed by atoms with Crippen LogP contribution in [0.3, 0.4) is 0 Å².